The Morgan fingerprint density at radius 1 is 1.15 bits per heavy atom. The molecule has 3 aliphatic rings. The van der Waals surface area contributed by atoms with Gasteiger partial charge in [-0.2, -0.15) is 0 Å². The number of hydrogen-bond acceptors (Lipinski definition) is 5. The summed E-state index contributed by atoms with van der Waals surface area (Å²) >= 11 is 0. The third-order valence-corrected chi connectivity index (χ3v) is 7.10. The number of likely N-dealkylation sites (tertiary alicyclic amines) is 1. The number of aliphatic imine (C=N–C) groups is 1. The molecule has 3 heterocycles. The molecular weight excluding hydrogens is 527 g/mol. The highest BCUT2D eigenvalue weighted by Crippen LogP contribution is 2.25. The van der Waals surface area contributed by atoms with Crippen LogP contribution in [0.3, 0.4) is 0 Å². The van der Waals surface area contributed by atoms with Crippen LogP contribution in [0.4, 0.5) is 5.82 Å². The van der Waals surface area contributed by atoms with E-state index < -0.39 is 0 Å². The summed E-state index contributed by atoms with van der Waals surface area (Å²) in [7, 11) is 0. The van der Waals surface area contributed by atoms with Gasteiger partial charge >= 0.3 is 0 Å². The number of pyridine rings is 1. The molecule has 1 unspecified atom stereocenters. The average molecular weight is 571 g/mol. The van der Waals surface area contributed by atoms with Crippen LogP contribution in [0.5, 0.6) is 0 Å². The molecule has 0 bridgehead atoms. The van der Waals surface area contributed by atoms with Gasteiger partial charge in [-0.3, -0.25) is 0 Å². The maximum atomic E-state index is 5.67. The van der Waals surface area contributed by atoms with Crippen LogP contribution >= 0.6 is 24.0 Å². The lowest BCUT2D eigenvalue weighted by Gasteiger charge is -2.39. The highest BCUT2D eigenvalue weighted by atomic mass is 127. The van der Waals surface area contributed by atoms with Crippen LogP contribution in [0.2, 0.25) is 0 Å². The Bertz CT molecular complexity index is 733. The van der Waals surface area contributed by atoms with Crippen LogP contribution in [0.1, 0.15) is 64.4 Å². The monoisotopic (exact) mass is 570 g/mol. The predicted octanol–water partition coefficient (Wildman–Crippen LogP) is 3.78. The Balaban J connectivity index is 0.00000306. The molecule has 2 N–H and O–H groups in total. The summed E-state index contributed by atoms with van der Waals surface area (Å²) in [5.74, 6) is 1.96. The minimum atomic E-state index is 0. The van der Waals surface area contributed by atoms with E-state index in [1.165, 1.54) is 63.6 Å². The van der Waals surface area contributed by atoms with Crippen molar-refractivity contribution in [2.45, 2.75) is 83.5 Å². The smallest absolute Gasteiger partial charge is 0.191 e. The largest absolute Gasteiger partial charge is 0.375 e. The molecule has 3 fully saturated rings. The summed E-state index contributed by atoms with van der Waals surface area (Å²) in [6.07, 6.45) is 11.6. The van der Waals surface area contributed by atoms with E-state index in [0.29, 0.717) is 12.6 Å². The zero-order valence-corrected chi connectivity index (χ0v) is 22.8. The van der Waals surface area contributed by atoms with Crippen LogP contribution in [0.15, 0.2) is 23.3 Å². The van der Waals surface area contributed by atoms with E-state index >= 15 is 0 Å². The molecule has 8 heteroatoms. The zero-order chi connectivity index (χ0) is 22.2. The summed E-state index contributed by atoms with van der Waals surface area (Å²) in [5, 5.41) is 7.15. The summed E-state index contributed by atoms with van der Waals surface area (Å²) in [5.41, 5.74) is 1.19. The standard InChI is InChI=1S/C25H42N6O.HI/c1-3-26-25(29-22-10-13-30(14-11-22)23-7-5-4-6-8-23)28-18-21-9-12-27-24(17-21)31-15-16-32-20(2)19-31;/h9,12,17,20,22-23H,3-8,10-11,13-16,18-19H2,1-2H3,(H2,26,28,29);1H. The van der Waals surface area contributed by atoms with Crippen molar-refractivity contribution in [2.24, 2.45) is 4.99 Å². The molecule has 2 saturated heterocycles. The normalized spacial score (nSPS) is 23.8. The molecule has 1 atom stereocenters. The van der Waals surface area contributed by atoms with Crippen molar-refractivity contribution in [1.29, 1.82) is 0 Å². The number of nitrogens with one attached hydrogen (secondary N) is 2. The lowest BCUT2D eigenvalue weighted by molar-refractivity contribution is 0.0529. The highest BCUT2D eigenvalue weighted by molar-refractivity contribution is 14.0. The number of nitrogens with zero attached hydrogens (tertiary/aromatic N) is 4. The first-order valence-corrected chi connectivity index (χ1v) is 12.8. The molecule has 186 valence electrons. The van der Waals surface area contributed by atoms with Crippen LogP contribution in [0, 0.1) is 0 Å². The van der Waals surface area contributed by atoms with Gasteiger partial charge in [0.15, 0.2) is 5.96 Å². The second-order valence-electron chi connectivity index (χ2n) is 9.59. The summed E-state index contributed by atoms with van der Waals surface area (Å²) in [6, 6.07) is 5.59. The topological polar surface area (TPSA) is 65.0 Å². The number of aromatic nitrogens is 1. The van der Waals surface area contributed by atoms with Crippen molar-refractivity contribution in [1.82, 2.24) is 20.5 Å². The van der Waals surface area contributed by atoms with Gasteiger partial charge in [-0.15, -0.1) is 24.0 Å². The van der Waals surface area contributed by atoms with E-state index in [1.54, 1.807) is 0 Å². The number of anilines is 1. The Hall–Kier alpha value is -1.13. The fourth-order valence-electron chi connectivity index (χ4n) is 5.30. The van der Waals surface area contributed by atoms with Gasteiger partial charge in [0.05, 0.1) is 19.3 Å². The first-order chi connectivity index (χ1) is 15.7. The van der Waals surface area contributed by atoms with Crippen molar-refractivity contribution in [3.05, 3.63) is 23.9 Å². The quantitative estimate of drug-likeness (QED) is 0.309. The van der Waals surface area contributed by atoms with Crippen molar-refractivity contribution in [2.75, 3.05) is 44.2 Å². The first kappa shape index (κ1) is 26.5. The number of ether oxygens (including phenoxy) is 1. The van der Waals surface area contributed by atoms with Gasteiger partial charge in [0.2, 0.25) is 0 Å². The van der Waals surface area contributed by atoms with Crippen LogP contribution < -0.4 is 15.5 Å². The lowest BCUT2D eigenvalue weighted by Crippen LogP contribution is -2.50. The fraction of sp³-hybridized carbons (Fsp3) is 0.760. The maximum absolute atomic E-state index is 5.67. The number of guanidine groups is 1. The molecule has 7 nitrogen and oxygen atoms in total. The third-order valence-electron chi connectivity index (χ3n) is 7.10. The average Bonchev–Trinajstić information content (AvgIpc) is 2.84. The molecule has 0 radical (unpaired) electrons. The third kappa shape index (κ3) is 7.96. The number of morpholine rings is 1. The summed E-state index contributed by atoms with van der Waals surface area (Å²) in [6.45, 7) is 10.8. The van der Waals surface area contributed by atoms with Crippen LogP contribution in [-0.4, -0.2) is 73.4 Å². The van der Waals surface area contributed by atoms with Crippen molar-refractivity contribution >= 4 is 35.8 Å². The SMILES string of the molecule is CCNC(=NCc1ccnc(N2CCOC(C)C2)c1)NC1CCN(C2CCCCC2)CC1.I. The molecule has 1 aromatic heterocycles. The van der Waals surface area contributed by atoms with Gasteiger partial charge in [0, 0.05) is 51.0 Å². The number of hydrogen-bond donors (Lipinski definition) is 2. The second kappa shape index (κ2) is 13.7. The number of rotatable bonds is 6. The Morgan fingerprint density at radius 2 is 1.94 bits per heavy atom. The molecule has 2 aliphatic heterocycles. The van der Waals surface area contributed by atoms with E-state index in [4.69, 9.17) is 9.73 Å². The zero-order valence-electron chi connectivity index (χ0n) is 20.5. The van der Waals surface area contributed by atoms with Gasteiger partial charge in [-0.05, 0) is 57.2 Å². The minimum absolute atomic E-state index is 0. The molecule has 1 aromatic rings. The first-order valence-electron chi connectivity index (χ1n) is 12.8. The Kier molecular flexibility index (Phi) is 11.0. The highest BCUT2D eigenvalue weighted by Gasteiger charge is 2.26. The van der Waals surface area contributed by atoms with Gasteiger partial charge in [0.1, 0.15) is 5.82 Å². The Labute approximate surface area is 217 Å². The number of piperidine rings is 1. The summed E-state index contributed by atoms with van der Waals surface area (Å²) < 4.78 is 5.67. The van der Waals surface area contributed by atoms with Crippen LogP contribution in [0.25, 0.3) is 0 Å². The molecule has 0 spiro atoms. The second-order valence-corrected chi connectivity index (χ2v) is 9.59. The van der Waals surface area contributed by atoms with Gasteiger partial charge in [-0.25, -0.2) is 9.98 Å². The van der Waals surface area contributed by atoms with Gasteiger partial charge < -0.3 is 25.2 Å². The van der Waals surface area contributed by atoms with E-state index in [2.05, 4.69) is 51.4 Å². The van der Waals surface area contributed by atoms with E-state index in [0.717, 1.165) is 44.1 Å². The maximum Gasteiger partial charge on any atom is 0.191 e. The molecule has 4 rings (SSSR count). The lowest BCUT2D eigenvalue weighted by atomic mass is 9.92. The van der Waals surface area contributed by atoms with E-state index in [1.807, 2.05) is 6.20 Å². The molecular formula is C25H43IN6O. The van der Waals surface area contributed by atoms with E-state index in [9.17, 15) is 0 Å². The molecule has 0 aromatic carbocycles. The van der Waals surface area contributed by atoms with Gasteiger partial charge in [0.25, 0.3) is 0 Å². The van der Waals surface area contributed by atoms with E-state index in [-0.39, 0.29) is 30.1 Å². The fourth-order valence-corrected chi connectivity index (χ4v) is 5.30. The van der Waals surface area contributed by atoms with Gasteiger partial charge in [-0.1, -0.05) is 19.3 Å². The Morgan fingerprint density at radius 3 is 2.67 bits per heavy atom. The number of halogens is 1. The predicted molar refractivity (Wildman–Crippen MR) is 147 cm³/mol. The van der Waals surface area contributed by atoms with Crippen molar-refractivity contribution < 1.29 is 4.74 Å². The molecule has 1 saturated carbocycles. The van der Waals surface area contributed by atoms with Crippen molar-refractivity contribution in [3.8, 4) is 0 Å². The summed E-state index contributed by atoms with van der Waals surface area (Å²) in [4.78, 5) is 14.5. The molecule has 1 aliphatic carbocycles. The molecule has 0 amide bonds. The van der Waals surface area contributed by atoms with Crippen molar-refractivity contribution in [3.63, 3.8) is 0 Å². The molecule has 33 heavy (non-hydrogen) atoms. The van der Waals surface area contributed by atoms with Crippen LogP contribution in [-0.2, 0) is 11.3 Å². The minimum Gasteiger partial charge on any atom is -0.375 e.